The lowest BCUT2D eigenvalue weighted by atomic mass is 10.0. The zero-order valence-corrected chi connectivity index (χ0v) is 10.6. The van der Waals surface area contributed by atoms with Crippen LogP contribution in [0.5, 0.6) is 0 Å². The molecule has 0 aromatic carbocycles. The molecule has 1 saturated carbocycles. The average Bonchev–Trinajstić information content (AvgIpc) is 2.71. The molecule has 0 aromatic heterocycles. The fourth-order valence-electron chi connectivity index (χ4n) is 3.78. The first-order valence-electron chi connectivity index (χ1n) is 6.97. The molecule has 2 bridgehead atoms. The fourth-order valence-corrected chi connectivity index (χ4v) is 3.78. The van der Waals surface area contributed by atoms with Gasteiger partial charge >= 0.3 is 0 Å². The molecule has 0 amide bonds. The molecule has 2 aliphatic heterocycles. The van der Waals surface area contributed by atoms with Gasteiger partial charge in [-0.1, -0.05) is 13.8 Å². The lowest BCUT2D eigenvalue weighted by Crippen LogP contribution is -2.63. The van der Waals surface area contributed by atoms with E-state index in [9.17, 15) is 0 Å². The third kappa shape index (κ3) is 1.69. The van der Waals surface area contributed by atoms with Crippen molar-refractivity contribution in [1.82, 2.24) is 9.80 Å². The second kappa shape index (κ2) is 4.28. The van der Waals surface area contributed by atoms with E-state index in [4.69, 9.17) is 4.74 Å². The van der Waals surface area contributed by atoms with Gasteiger partial charge in [-0.2, -0.15) is 0 Å². The summed E-state index contributed by atoms with van der Waals surface area (Å²) in [6.45, 7) is 8.11. The standard InChI is InChI=1S/C13H24N2O/c1-3-10-8-15-11-5-6-12(7-11)16-13(15)9-14(10)4-2/h10-13H,3-9H2,1-2H3. The summed E-state index contributed by atoms with van der Waals surface area (Å²) in [5.74, 6) is 0. The summed E-state index contributed by atoms with van der Waals surface area (Å²) in [5.41, 5.74) is 0. The number of piperazine rings is 1. The lowest BCUT2D eigenvalue weighted by molar-refractivity contribution is -0.177. The second-order valence-corrected chi connectivity index (χ2v) is 5.53. The van der Waals surface area contributed by atoms with E-state index < -0.39 is 0 Å². The van der Waals surface area contributed by atoms with E-state index in [1.807, 2.05) is 0 Å². The van der Waals surface area contributed by atoms with Crippen LogP contribution < -0.4 is 0 Å². The molecule has 2 heterocycles. The van der Waals surface area contributed by atoms with Gasteiger partial charge in [-0.25, -0.2) is 0 Å². The number of rotatable bonds is 2. The van der Waals surface area contributed by atoms with Crippen LogP contribution in [-0.4, -0.2) is 53.8 Å². The van der Waals surface area contributed by atoms with Crippen LogP contribution in [0.2, 0.25) is 0 Å². The minimum Gasteiger partial charge on any atom is -0.358 e. The molecule has 3 fully saturated rings. The molecule has 0 N–H and O–H groups in total. The molecule has 2 saturated heterocycles. The van der Waals surface area contributed by atoms with Crippen LogP contribution in [0, 0.1) is 0 Å². The number of ether oxygens (including phenoxy) is 1. The molecular formula is C13H24N2O. The highest BCUT2D eigenvalue weighted by atomic mass is 16.5. The van der Waals surface area contributed by atoms with Crippen molar-refractivity contribution in [3.8, 4) is 0 Å². The third-order valence-corrected chi connectivity index (χ3v) is 4.75. The van der Waals surface area contributed by atoms with Crippen molar-refractivity contribution in [2.24, 2.45) is 0 Å². The van der Waals surface area contributed by atoms with E-state index in [0.717, 1.165) is 18.6 Å². The van der Waals surface area contributed by atoms with Crippen LogP contribution in [0.15, 0.2) is 0 Å². The Balaban J connectivity index is 1.74. The maximum absolute atomic E-state index is 6.19. The Bertz CT molecular complexity index is 258. The fraction of sp³-hybridized carbons (Fsp3) is 1.00. The summed E-state index contributed by atoms with van der Waals surface area (Å²) in [6.07, 6.45) is 6.19. The molecule has 0 aromatic rings. The van der Waals surface area contributed by atoms with Crippen molar-refractivity contribution in [2.45, 2.75) is 63.9 Å². The van der Waals surface area contributed by atoms with Crippen LogP contribution in [0.25, 0.3) is 0 Å². The lowest BCUT2D eigenvalue weighted by Gasteiger charge is -2.50. The molecule has 4 atom stereocenters. The molecule has 3 rings (SSSR count). The smallest absolute Gasteiger partial charge is 0.124 e. The Morgan fingerprint density at radius 3 is 2.81 bits per heavy atom. The predicted octanol–water partition coefficient (Wildman–Crippen LogP) is 1.68. The van der Waals surface area contributed by atoms with Gasteiger partial charge in [-0.15, -0.1) is 0 Å². The number of nitrogens with zero attached hydrogens (tertiary/aromatic N) is 2. The van der Waals surface area contributed by atoms with Gasteiger partial charge in [0.2, 0.25) is 0 Å². The minimum atomic E-state index is 0.397. The first-order valence-corrected chi connectivity index (χ1v) is 6.97. The second-order valence-electron chi connectivity index (χ2n) is 5.53. The van der Waals surface area contributed by atoms with Crippen LogP contribution in [0.1, 0.15) is 39.5 Å². The van der Waals surface area contributed by atoms with Gasteiger partial charge in [0.1, 0.15) is 6.23 Å². The molecule has 3 aliphatic rings. The Labute approximate surface area is 98.7 Å². The van der Waals surface area contributed by atoms with Gasteiger partial charge in [0.25, 0.3) is 0 Å². The highest BCUT2D eigenvalue weighted by Gasteiger charge is 2.44. The quantitative estimate of drug-likeness (QED) is 0.710. The van der Waals surface area contributed by atoms with Crippen LogP contribution in [0.4, 0.5) is 0 Å². The van der Waals surface area contributed by atoms with E-state index in [1.165, 1.54) is 38.8 Å². The third-order valence-electron chi connectivity index (χ3n) is 4.75. The zero-order valence-electron chi connectivity index (χ0n) is 10.6. The van der Waals surface area contributed by atoms with Crippen LogP contribution in [0.3, 0.4) is 0 Å². The normalized spacial score (nSPS) is 44.6. The number of hydrogen-bond acceptors (Lipinski definition) is 3. The SMILES string of the molecule is CCC1CN2C3CCC(C3)OC2CN1CC. The predicted molar refractivity (Wildman–Crippen MR) is 64.3 cm³/mol. The van der Waals surface area contributed by atoms with Crippen molar-refractivity contribution >= 4 is 0 Å². The van der Waals surface area contributed by atoms with Gasteiger partial charge in [0, 0.05) is 25.2 Å². The molecule has 92 valence electrons. The highest BCUT2D eigenvalue weighted by Crippen LogP contribution is 2.37. The Kier molecular flexibility index (Phi) is 2.94. The van der Waals surface area contributed by atoms with Gasteiger partial charge in [-0.05, 0) is 32.2 Å². The summed E-state index contributed by atoms with van der Waals surface area (Å²) in [6, 6.07) is 1.58. The molecule has 3 heteroatoms. The highest BCUT2D eigenvalue weighted by molar-refractivity contribution is 4.95. The van der Waals surface area contributed by atoms with Crippen molar-refractivity contribution in [1.29, 1.82) is 0 Å². The molecule has 1 aliphatic carbocycles. The maximum atomic E-state index is 6.19. The summed E-state index contributed by atoms with van der Waals surface area (Å²) in [5, 5.41) is 0. The minimum absolute atomic E-state index is 0.397. The topological polar surface area (TPSA) is 15.7 Å². The molecule has 0 radical (unpaired) electrons. The van der Waals surface area contributed by atoms with E-state index in [0.29, 0.717) is 12.3 Å². The van der Waals surface area contributed by atoms with Crippen molar-refractivity contribution in [3.05, 3.63) is 0 Å². The van der Waals surface area contributed by atoms with Crippen molar-refractivity contribution < 1.29 is 4.74 Å². The van der Waals surface area contributed by atoms with Gasteiger partial charge in [-0.3, -0.25) is 9.80 Å². The van der Waals surface area contributed by atoms with Crippen LogP contribution in [-0.2, 0) is 4.74 Å². The average molecular weight is 224 g/mol. The van der Waals surface area contributed by atoms with Crippen molar-refractivity contribution in [3.63, 3.8) is 0 Å². The molecular weight excluding hydrogens is 200 g/mol. The van der Waals surface area contributed by atoms with Gasteiger partial charge in [0.05, 0.1) is 6.10 Å². The van der Waals surface area contributed by atoms with Gasteiger partial charge < -0.3 is 4.74 Å². The summed E-state index contributed by atoms with van der Waals surface area (Å²) >= 11 is 0. The first kappa shape index (κ1) is 11.0. The van der Waals surface area contributed by atoms with E-state index in [-0.39, 0.29) is 0 Å². The van der Waals surface area contributed by atoms with E-state index in [1.54, 1.807) is 0 Å². The Morgan fingerprint density at radius 1 is 1.19 bits per heavy atom. The number of hydrogen-bond donors (Lipinski definition) is 0. The van der Waals surface area contributed by atoms with Gasteiger partial charge in [0.15, 0.2) is 0 Å². The summed E-state index contributed by atoms with van der Waals surface area (Å²) in [4.78, 5) is 5.26. The summed E-state index contributed by atoms with van der Waals surface area (Å²) in [7, 11) is 0. The van der Waals surface area contributed by atoms with Crippen molar-refractivity contribution in [2.75, 3.05) is 19.6 Å². The Morgan fingerprint density at radius 2 is 2.06 bits per heavy atom. The molecule has 0 spiro atoms. The monoisotopic (exact) mass is 224 g/mol. The van der Waals surface area contributed by atoms with Crippen LogP contribution >= 0.6 is 0 Å². The number of likely N-dealkylation sites (N-methyl/N-ethyl adjacent to an activating group) is 1. The van der Waals surface area contributed by atoms with E-state index >= 15 is 0 Å². The van der Waals surface area contributed by atoms with E-state index in [2.05, 4.69) is 23.6 Å². The first-order chi connectivity index (χ1) is 7.81. The summed E-state index contributed by atoms with van der Waals surface area (Å²) < 4.78 is 6.19. The number of fused-ring (bicyclic) bond motifs is 4. The zero-order chi connectivity index (χ0) is 11.1. The largest absolute Gasteiger partial charge is 0.358 e. The maximum Gasteiger partial charge on any atom is 0.124 e. The Hall–Kier alpha value is -0.120. The molecule has 3 nitrogen and oxygen atoms in total. The molecule has 16 heavy (non-hydrogen) atoms. The molecule has 4 unspecified atom stereocenters.